The van der Waals surface area contributed by atoms with Crippen LogP contribution in [-0.4, -0.2) is 26.5 Å². The molecule has 9 heteroatoms. The van der Waals surface area contributed by atoms with Crippen molar-refractivity contribution in [3.63, 3.8) is 0 Å². The monoisotopic (exact) mass is 468 g/mol. The van der Waals surface area contributed by atoms with E-state index in [4.69, 9.17) is 4.74 Å². The first-order valence-corrected chi connectivity index (χ1v) is 12.3. The molecule has 1 N–H and O–H groups in total. The number of nitrogens with zero attached hydrogens (tertiary/aromatic N) is 3. The molecule has 1 aliphatic rings. The Morgan fingerprint density at radius 2 is 2.03 bits per heavy atom. The van der Waals surface area contributed by atoms with Gasteiger partial charge >= 0.3 is 5.97 Å². The number of fused-ring (bicyclic) bond motifs is 1. The smallest absolute Gasteiger partial charge is 0.338 e. The first-order chi connectivity index (χ1) is 16.0. The molecule has 0 bridgehead atoms. The number of unbranched alkanes of at least 4 members (excludes halogenated alkanes) is 1. The van der Waals surface area contributed by atoms with Gasteiger partial charge < -0.3 is 10.1 Å². The van der Waals surface area contributed by atoms with E-state index in [-0.39, 0.29) is 24.0 Å². The number of esters is 1. The second kappa shape index (κ2) is 10.7. The zero-order valence-electron chi connectivity index (χ0n) is 18.7. The number of nitrogens with one attached hydrogen (secondary N) is 1. The minimum absolute atomic E-state index is 0.000980. The zero-order chi connectivity index (χ0) is 23.2. The first-order valence-electron chi connectivity index (χ1n) is 11.5. The molecule has 33 heavy (non-hydrogen) atoms. The van der Waals surface area contributed by atoms with Crippen LogP contribution in [0.5, 0.6) is 0 Å². The second-order valence-corrected chi connectivity index (χ2v) is 9.40. The number of aromatic nitrogens is 3. The summed E-state index contributed by atoms with van der Waals surface area (Å²) in [6, 6.07) is 8.04. The third-order valence-corrected chi connectivity index (χ3v) is 6.75. The molecule has 0 spiro atoms. The maximum Gasteiger partial charge on any atom is 0.338 e. The molecular weight excluding hydrogens is 440 g/mol. The first kappa shape index (κ1) is 23.1. The molecule has 2 aromatic heterocycles. The van der Waals surface area contributed by atoms with Gasteiger partial charge in [0.25, 0.3) is 5.56 Å². The Hall–Kier alpha value is -3.07. The highest BCUT2D eigenvalue weighted by Crippen LogP contribution is 2.25. The number of carbonyl (C=O) groups excluding carboxylic acids is 2. The van der Waals surface area contributed by atoms with Crippen molar-refractivity contribution in [3.8, 4) is 0 Å². The van der Waals surface area contributed by atoms with Crippen LogP contribution in [0.3, 0.4) is 0 Å². The summed E-state index contributed by atoms with van der Waals surface area (Å²) < 4.78 is 6.68. The van der Waals surface area contributed by atoms with Gasteiger partial charge in [0.05, 0.1) is 11.3 Å². The number of rotatable bonds is 8. The van der Waals surface area contributed by atoms with Crippen molar-refractivity contribution in [2.75, 3.05) is 5.32 Å². The van der Waals surface area contributed by atoms with Crippen LogP contribution < -0.4 is 10.9 Å². The van der Waals surface area contributed by atoms with Gasteiger partial charge in [0.1, 0.15) is 11.6 Å². The summed E-state index contributed by atoms with van der Waals surface area (Å²) in [5, 5.41) is 8.10. The third-order valence-electron chi connectivity index (χ3n) is 5.78. The van der Waals surface area contributed by atoms with E-state index in [1.54, 1.807) is 24.3 Å². The number of amides is 1. The summed E-state index contributed by atoms with van der Waals surface area (Å²) in [5.74, 6) is -0.511. The van der Waals surface area contributed by atoms with E-state index in [0.29, 0.717) is 21.9 Å². The van der Waals surface area contributed by atoms with E-state index in [1.165, 1.54) is 28.3 Å². The van der Waals surface area contributed by atoms with Crippen LogP contribution in [0.15, 0.2) is 35.1 Å². The lowest BCUT2D eigenvalue weighted by Crippen LogP contribution is -2.24. The average Bonchev–Trinajstić information content (AvgIpc) is 3.25. The van der Waals surface area contributed by atoms with Crippen molar-refractivity contribution in [1.82, 2.24) is 14.6 Å². The van der Waals surface area contributed by atoms with Gasteiger partial charge in [0.15, 0.2) is 0 Å². The Bertz CT molecular complexity index is 1200. The fourth-order valence-electron chi connectivity index (χ4n) is 3.95. The fraction of sp³-hybridized carbons (Fsp3) is 0.458. The molecule has 0 unspecified atom stereocenters. The van der Waals surface area contributed by atoms with Gasteiger partial charge in [-0.25, -0.2) is 9.78 Å². The molecule has 2 heterocycles. The van der Waals surface area contributed by atoms with Crippen molar-refractivity contribution >= 4 is 33.9 Å². The Morgan fingerprint density at radius 1 is 1.21 bits per heavy atom. The SMILES string of the molecule is CCCCc1nn2c(=O)cc(COC(=O)c3cccc(NC(=O)C4CCCCC4)c3)nc2s1. The van der Waals surface area contributed by atoms with E-state index in [0.717, 1.165) is 50.0 Å². The lowest BCUT2D eigenvalue weighted by molar-refractivity contribution is -0.120. The van der Waals surface area contributed by atoms with E-state index < -0.39 is 5.97 Å². The number of aryl methyl sites for hydroxylation is 1. The molecule has 0 saturated heterocycles. The summed E-state index contributed by atoms with van der Waals surface area (Å²) in [5.41, 5.74) is 0.981. The van der Waals surface area contributed by atoms with Crippen LogP contribution in [0.25, 0.3) is 4.96 Å². The summed E-state index contributed by atoms with van der Waals surface area (Å²) in [4.78, 5) is 42.3. The van der Waals surface area contributed by atoms with E-state index in [2.05, 4.69) is 22.3 Å². The predicted octanol–water partition coefficient (Wildman–Crippen LogP) is 4.37. The van der Waals surface area contributed by atoms with Gasteiger partial charge in [-0.2, -0.15) is 9.61 Å². The molecule has 1 fully saturated rings. The Morgan fingerprint density at radius 3 is 2.82 bits per heavy atom. The van der Waals surface area contributed by atoms with E-state index in [9.17, 15) is 14.4 Å². The maximum absolute atomic E-state index is 12.6. The fourth-order valence-corrected chi connectivity index (χ4v) is 4.91. The molecule has 8 nitrogen and oxygen atoms in total. The highest BCUT2D eigenvalue weighted by molar-refractivity contribution is 7.16. The molecule has 4 rings (SSSR count). The van der Waals surface area contributed by atoms with Crippen LogP contribution in [-0.2, 0) is 22.6 Å². The summed E-state index contributed by atoms with van der Waals surface area (Å²) in [7, 11) is 0. The molecule has 1 amide bonds. The highest BCUT2D eigenvalue weighted by atomic mass is 32.1. The molecule has 3 aromatic rings. The van der Waals surface area contributed by atoms with E-state index >= 15 is 0 Å². The minimum Gasteiger partial charge on any atom is -0.456 e. The number of hydrogen-bond acceptors (Lipinski definition) is 7. The van der Waals surface area contributed by atoms with Crippen LogP contribution in [0.2, 0.25) is 0 Å². The molecule has 1 saturated carbocycles. The average molecular weight is 469 g/mol. The predicted molar refractivity (Wildman–Crippen MR) is 127 cm³/mol. The van der Waals surface area contributed by atoms with Crippen molar-refractivity contribution in [3.05, 3.63) is 57.0 Å². The number of carbonyl (C=O) groups is 2. The van der Waals surface area contributed by atoms with Crippen LogP contribution >= 0.6 is 11.3 Å². The summed E-state index contributed by atoms with van der Waals surface area (Å²) in [6.07, 6.45) is 8.01. The molecular formula is C24H28N4O4S. The van der Waals surface area contributed by atoms with Gasteiger partial charge in [-0.05, 0) is 37.5 Å². The molecule has 0 radical (unpaired) electrons. The normalized spacial score (nSPS) is 14.3. The van der Waals surface area contributed by atoms with Crippen LogP contribution in [0, 0.1) is 5.92 Å². The summed E-state index contributed by atoms with van der Waals surface area (Å²) >= 11 is 1.38. The lowest BCUT2D eigenvalue weighted by atomic mass is 9.88. The number of anilines is 1. The van der Waals surface area contributed by atoms with Crippen molar-refractivity contribution in [2.24, 2.45) is 5.92 Å². The molecule has 0 aliphatic heterocycles. The van der Waals surface area contributed by atoms with Gasteiger partial charge in [-0.15, -0.1) is 0 Å². The van der Waals surface area contributed by atoms with Gasteiger partial charge in [0, 0.05) is 24.1 Å². The summed E-state index contributed by atoms with van der Waals surface area (Å²) in [6.45, 7) is 1.98. The standard InChI is InChI=1S/C24H28N4O4S/c1-2-3-12-20-27-28-21(29)14-19(26-24(28)33-20)15-32-23(31)17-10-7-11-18(13-17)25-22(30)16-8-5-4-6-9-16/h7,10-11,13-14,16H,2-6,8-9,12,15H2,1H3,(H,25,30). The Balaban J connectivity index is 1.39. The molecule has 174 valence electrons. The van der Waals surface area contributed by atoms with Gasteiger partial charge in [-0.3, -0.25) is 9.59 Å². The van der Waals surface area contributed by atoms with Crippen molar-refractivity contribution in [1.29, 1.82) is 0 Å². The number of ether oxygens (including phenoxy) is 1. The second-order valence-electron chi connectivity index (χ2n) is 8.36. The third kappa shape index (κ3) is 5.84. The lowest BCUT2D eigenvalue weighted by Gasteiger charge is -2.20. The topological polar surface area (TPSA) is 103 Å². The Labute approximate surface area is 196 Å². The number of benzene rings is 1. The molecule has 1 aromatic carbocycles. The zero-order valence-corrected chi connectivity index (χ0v) is 19.5. The van der Waals surface area contributed by atoms with Crippen molar-refractivity contribution in [2.45, 2.75) is 64.9 Å². The minimum atomic E-state index is -0.543. The van der Waals surface area contributed by atoms with Gasteiger partial charge in [-0.1, -0.05) is 50.0 Å². The largest absolute Gasteiger partial charge is 0.456 e. The maximum atomic E-state index is 12.6. The van der Waals surface area contributed by atoms with Crippen LogP contribution in [0.4, 0.5) is 5.69 Å². The van der Waals surface area contributed by atoms with Crippen molar-refractivity contribution < 1.29 is 14.3 Å². The quantitative estimate of drug-likeness (QED) is 0.493. The Kier molecular flexibility index (Phi) is 7.49. The van der Waals surface area contributed by atoms with Gasteiger partial charge in [0.2, 0.25) is 10.9 Å². The van der Waals surface area contributed by atoms with Crippen LogP contribution in [0.1, 0.15) is 72.9 Å². The highest BCUT2D eigenvalue weighted by Gasteiger charge is 2.21. The molecule has 1 aliphatic carbocycles. The number of hydrogen-bond donors (Lipinski definition) is 1. The molecule has 0 atom stereocenters. The van der Waals surface area contributed by atoms with E-state index in [1.807, 2.05) is 0 Å².